The maximum atomic E-state index is 13.5. The second kappa shape index (κ2) is 10.9. The highest BCUT2D eigenvalue weighted by molar-refractivity contribution is 8.04. The van der Waals surface area contributed by atoms with Crippen LogP contribution >= 0.6 is 23.4 Å². The lowest BCUT2D eigenvalue weighted by Crippen LogP contribution is -2.41. The normalized spacial score (nSPS) is 20.8. The lowest BCUT2D eigenvalue weighted by atomic mass is 9.86. The first-order valence-corrected chi connectivity index (χ1v) is 13.6. The Bertz CT molecular complexity index is 1300. The molecular weight excluding hydrogens is 488 g/mol. The maximum absolute atomic E-state index is 13.5. The van der Waals surface area contributed by atoms with Gasteiger partial charge in [-0.25, -0.2) is 0 Å². The Hall–Kier alpha value is -3.02. The van der Waals surface area contributed by atoms with Crippen LogP contribution in [0.4, 0.5) is 5.69 Å². The Morgan fingerprint density at radius 1 is 1.06 bits per heavy atom. The predicted molar refractivity (Wildman–Crippen MR) is 148 cm³/mol. The summed E-state index contributed by atoms with van der Waals surface area (Å²) >= 11 is 7.66. The zero-order valence-electron chi connectivity index (χ0n) is 20.2. The molecule has 0 unspecified atom stereocenters. The molecule has 36 heavy (non-hydrogen) atoms. The molecule has 0 radical (unpaired) electrons. The molecule has 1 heterocycles. The van der Waals surface area contributed by atoms with Crippen LogP contribution in [0.15, 0.2) is 82.6 Å². The van der Waals surface area contributed by atoms with Gasteiger partial charge in [-0.2, -0.15) is 0 Å². The van der Waals surface area contributed by atoms with E-state index < -0.39 is 0 Å². The zero-order valence-corrected chi connectivity index (χ0v) is 21.8. The summed E-state index contributed by atoms with van der Waals surface area (Å²) in [4.78, 5) is 29.8. The smallest absolute Gasteiger partial charge is 0.265 e. The van der Waals surface area contributed by atoms with Gasteiger partial charge in [0, 0.05) is 21.5 Å². The standard InChI is InChI=1S/C30H29ClN2O2S/c1-20-7-2-3-10-25(20)32-29(34)23-15-13-21(14-16-23)18-28-30(35)33(19-22-8-6-9-24(31)17-22)26-11-4-5-12-27(26)36-28/h4-6,8-9,11-18,20,25H,2-3,7,10,19H2,1H3,(H,32,34)/b28-18+/t20-,25-/m0/s1. The molecule has 0 saturated heterocycles. The Labute approximate surface area is 221 Å². The number of anilines is 1. The van der Waals surface area contributed by atoms with E-state index in [-0.39, 0.29) is 17.9 Å². The number of nitrogens with zero attached hydrogens (tertiary/aromatic N) is 1. The highest BCUT2D eigenvalue weighted by Crippen LogP contribution is 2.42. The quantitative estimate of drug-likeness (QED) is 0.361. The number of thioether (sulfide) groups is 1. The number of rotatable bonds is 5. The van der Waals surface area contributed by atoms with Crippen molar-refractivity contribution in [1.82, 2.24) is 5.32 Å². The average Bonchev–Trinajstić information content (AvgIpc) is 2.88. The number of hydrogen-bond acceptors (Lipinski definition) is 3. The van der Waals surface area contributed by atoms with Crippen LogP contribution in [0.2, 0.25) is 5.02 Å². The lowest BCUT2D eigenvalue weighted by Gasteiger charge is -2.30. The summed E-state index contributed by atoms with van der Waals surface area (Å²) in [5.41, 5.74) is 3.40. The van der Waals surface area contributed by atoms with Gasteiger partial charge in [-0.05, 0) is 72.4 Å². The molecule has 0 aromatic heterocycles. The van der Waals surface area contributed by atoms with Crippen molar-refractivity contribution in [3.05, 3.63) is 99.4 Å². The molecule has 4 nitrogen and oxygen atoms in total. The van der Waals surface area contributed by atoms with Crippen LogP contribution in [-0.4, -0.2) is 17.9 Å². The number of carbonyl (C=O) groups is 2. The second-order valence-corrected chi connectivity index (χ2v) is 11.1. The number of fused-ring (bicyclic) bond motifs is 1. The Balaban J connectivity index is 1.35. The second-order valence-electron chi connectivity index (χ2n) is 9.56. The Morgan fingerprint density at radius 3 is 2.61 bits per heavy atom. The molecule has 1 saturated carbocycles. The Kier molecular flexibility index (Phi) is 7.49. The van der Waals surface area contributed by atoms with Crippen molar-refractivity contribution in [3.63, 3.8) is 0 Å². The average molecular weight is 517 g/mol. The zero-order chi connectivity index (χ0) is 25.1. The van der Waals surface area contributed by atoms with Gasteiger partial charge in [0.15, 0.2) is 0 Å². The number of hydrogen-bond donors (Lipinski definition) is 1. The van der Waals surface area contributed by atoms with Crippen molar-refractivity contribution in [1.29, 1.82) is 0 Å². The van der Waals surface area contributed by atoms with Gasteiger partial charge in [0.25, 0.3) is 11.8 Å². The van der Waals surface area contributed by atoms with Crippen LogP contribution in [0.1, 0.15) is 54.1 Å². The largest absolute Gasteiger partial charge is 0.349 e. The van der Waals surface area contributed by atoms with Gasteiger partial charge in [-0.3, -0.25) is 9.59 Å². The number of benzene rings is 3. The molecule has 1 fully saturated rings. The number of carbonyl (C=O) groups excluding carboxylic acids is 2. The van der Waals surface area contributed by atoms with Crippen LogP contribution in [0.5, 0.6) is 0 Å². The molecule has 0 bridgehead atoms. The molecule has 2 aliphatic rings. The number of nitrogens with one attached hydrogen (secondary N) is 1. The van der Waals surface area contributed by atoms with Crippen LogP contribution < -0.4 is 10.2 Å². The number of para-hydroxylation sites is 1. The molecule has 1 N–H and O–H groups in total. The molecule has 0 spiro atoms. The SMILES string of the molecule is C[C@H]1CCCC[C@@H]1NC(=O)c1ccc(/C=C2/Sc3ccccc3N(Cc3cccc(Cl)c3)C2=O)cc1. The van der Waals surface area contributed by atoms with E-state index in [0.717, 1.165) is 28.1 Å². The molecule has 1 aliphatic heterocycles. The van der Waals surface area contributed by atoms with Crippen molar-refractivity contribution in [3.8, 4) is 0 Å². The molecule has 5 rings (SSSR count). The van der Waals surface area contributed by atoms with Crippen LogP contribution in [0, 0.1) is 5.92 Å². The van der Waals surface area contributed by atoms with Gasteiger partial charge < -0.3 is 10.2 Å². The van der Waals surface area contributed by atoms with E-state index in [1.54, 1.807) is 4.90 Å². The van der Waals surface area contributed by atoms with Gasteiger partial charge in [0.2, 0.25) is 0 Å². The van der Waals surface area contributed by atoms with Gasteiger partial charge in [-0.1, -0.05) is 79.5 Å². The van der Waals surface area contributed by atoms with Crippen molar-refractivity contribution in [2.75, 3.05) is 4.90 Å². The minimum Gasteiger partial charge on any atom is -0.349 e. The van der Waals surface area contributed by atoms with Gasteiger partial charge >= 0.3 is 0 Å². The third kappa shape index (κ3) is 5.53. The fourth-order valence-electron chi connectivity index (χ4n) is 4.90. The van der Waals surface area contributed by atoms with E-state index >= 15 is 0 Å². The molecule has 2 atom stereocenters. The first-order valence-electron chi connectivity index (χ1n) is 12.4. The van der Waals surface area contributed by atoms with Gasteiger partial charge in [0.05, 0.1) is 17.1 Å². The van der Waals surface area contributed by atoms with Crippen LogP contribution in [-0.2, 0) is 11.3 Å². The summed E-state index contributed by atoms with van der Waals surface area (Å²) in [6.07, 6.45) is 6.53. The van der Waals surface area contributed by atoms with E-state index in [1.807, 2.05) is 78.9 Å². The molecule has 3 aromatic carbocycles. The topological polar surface area (TPSA) is 49.4 Å². The monoisotopic (exact) mass is 516 g/mol. The summed E-state index contributed by atoms with van der Waals surface area (Å²) in [6, 6.07) is 23.3. The number of halogens is 1. The summed E-state index contributed by atoms with van der Waals surface area (Å²) in [5.74, 6) is 0.434. The first-order chi connectivity index (χ1) is 17.5. The molecule has 1 aliphatic carbocycles. The van der Waals surface area contributed by atoms with Crippen LogP contribution in [0.3, 0.4) is 0 Å². The van der Waals surface area contributed by atoms with Crippen LogP contribution in [0.25, 0.3) is 6.08 Å². The molecular formula is C30H29ClN2O2S. The minimum absolute atomic E-state index is 0.0299. The molecule has 2 amide bonds. The van der Waals surface area contributed by atoms with E-state index in [0.29, 0.717) is 28.0 Å². The first kappa shape index (κ1) is 24.7. The summed E-state index contributed by atoms with van der Waals surface area (Å²) in [7, 11) is 0. The number of amides is 2. The summed E-state index contributed by atoms with van der Waals surface area (Å²) in [6.45, 7) is 2.65. The minimum atomic E-state index is -0.0493. The molecule has 6 heteroatoms. The third-order valence-corrected chi connectivity index (χ3v) is 8.27. The highest BCUT2D eigenvalue weighted by atomic mass is 35.5. The summed E-state index contributed by atoms with van der Waals surface area (Å²) < 4.78 is 0. The maximum Gasteiger partial charge on any atom is 0.265 e. The van der Waals surface area contributed by atoms with Crippen molar-refractivity contribution in [2.45, 2.75) is 50.1 Å². The lowest BCUT2D eigenvalue weighted by molar-refractivity contribution is -0.114. The molecule has 184 valence electrons. The van der Waals surface area contributed by atoms with E-state index in [9.17, 15) is 9.59 Å². The fraction of sp³-hybridized carbons (Fsp3) is 0.267. The highest BCUT2D eigenvalue weighted by Gasteiger charge is 2.29. The van der Waals surface area contributed by atoms with E-state index in [2.05, 4.69) is 12.2 Å². The predicted octanol–water partition coefficient (Wildman–Crippen LogP) is 7.33. The van der Waals surface area contributed by atoms with E-state index in [1.165, 1.54) is 31.0 Å². The van der Waals surface area contributed by atoms with Gasteiger partial charge in [0.1, 0.15) is 0 Å². The fourth-order valence-corrected chi connectivity index (χ4v) is 6.17. The third-order valence-electron chi connectivity index (χ3n) is 6.96. The van der Waals surface area contributed by atoms with E-state index in [4.69, 9.17) is 11.6 Å². The van der Waals surface area contributed by atoms with Crippen molar-refractivity contribution < 1.29 is 9.59 Å². The Morgan fingerprint density at radius 2 is 1.83 bits per heavy atom. The van der Waals surface area contributed by atoms with Crippen molar-refractivity contribution >= 4 is 46.9 Å². The molecule has 3 aromatic rings. The van der Waals surface area contributed by atoms with Crippen molar-refractivity contribution in [2.24, 2.45) is 5.92 Å². The van der Waals surface area contributed by atoms with Gasteiger partial charge in [-0.15, -0.1) is 0 Å². The summed E-state index contributed by atoms with van der Waals surface area (Å²) in [5, 5.41) is 3.86.